The van der Waals surface area contributed by atoms with Crippen LogP contribution in [0.15, 0.2) is 18.7 Å². The molecule has 1 aromatic heterocycles. The fourth-order valence-corrected chi connectivity index (χ4v) is 1.04. The van der Waals surface area contributed by atoms with Crippen LogP contribution in [0.2, 0.25) is 0 Å². The molecule has 0 saturated heterocycles. The monoisotopic (exact) mass is 155 g/mol. The summed E-state index contributed by atoms with van der Waals surface area (Å²) < 4.78 is 4.05. The van der Waals surface area contributed by atoms with Crippen LogP contribution in [-0.4, -0.2) is 15.8 Å². The summed E-state index contributed by atoms with van der Waals surface area (Å²) in [7, 11) is 0. The molecule has 0 amide bonds. The fourth-order valence-electron chi connectivity index (χ4n) is 1.04. The largest absolute Gasteiger partial charge is 0.389 e. The van der Waals surface area contributed by atoms with Crippen molar-refractivity contribution in [2.75, 3.05) is 0 Å². The highest BCUT2D eigenvalue weighted by Gasteiger charge is 2.03. The highest BCUT2D eigenvalue weighted by atomic mass is 16.3. The standard InChI is InChI=1S/C8H15N2O/c1-3-9-4-5-10(7-9)6-8(2)11/h4-5,7-8,11H,3,6H2,1-2H3/q+1. The van der Waals surface area contributed by atoms with E-state index in [1.807, 2.05) is 23.3 Å². The summed E-state index contributed by atoms with van der Waals surface area (Å²) >= 11 is 0. The third kappa shape index (κ3) is 2.35. The van der Waals surface area contributed by atoms with Crippen molar-refractivity contribution in [2.24, 2.45) is 0 Å². The number of rotatable bonds is 3. The zero-order valence-corrected chi connectivity index (χ0v) is 7.07. The molecule has 3 nitrogen and oxygen atoms in total. The average Bonchev–Trinajstić information content (AvgIpc) is 2.34. The highest BCUT2D eigenvalue weighted by molar-refractivity contribution is 4.64. The summed E-state index contributed by atoms with van der Waals surface area (Å²) in [5.74, 6) is 0. The molecule has 1 rings (SSSR count). The number of aryl methyl sites for hydroxylation is 1. The van der Waals surface area contributed by atoms with Crippen molar-refractivity contribution in [1.82, 2.24) is 4.57 Å². The molecule has 0 saturated carbocycles. The summed E-state index contributed by atoms with van der Waals surface area (Å²) in [5, 5.41) is 9.06. The van der Waals surface area contributed by atoms with E-state index < -0.39 is 0 Å². The first-order valence-corrected chi connectivity index (χ1v) is 3.95. The average molecular weight is 155 g/mol. The Hall–Kier alpha value is -0.830. The van der Waals surface area contributed by atoms with Crippen LogP contribution in [0.1, 0.15) is 13.8 Å². The first kappa shape index (κ1) is 8.27. The molecule has 62 valence electrons. The lowest BCUT2D eigenvalue weighted by atomic mass is 10.4. The predicted molar refractivity (Wildman–Crippen MR) is 42.0 cm³/mol. The Morgan fingerprint density at radius 3 is 2.82 bits per heavy atom. The first-order valence-electron chi connectivity index (χ1n) is 3.95. The van der Waals surface area contributed by atoms with Gasteiger partial charge < -0.3 is 5.11 Å². The maximum Gasteiger partial charge on any atom is 0.243 e. The second-order valence-electron chi connectivity index (χ2n) is 2.79. The van der Waals surface area contributed by atoms with Crippen molar-refractivity contribution in [3.05, 3.63) is 18.7 Å². The van der Waals surface area contributed by atoms with Gasteiger partial charge in [0.05, 0.1) is 12.6 Å². The molecule has 11 heavy (non-hydrogen) atoms. The number of nitrogens with zero attached hydrogens (tertiary/aromatic N) is 2. The smallest absolute Gasteiger partial charge is 0.243 e. The Labute approximate surface area is 66.9 Å². The Balaban J connectivity index is 2.58. The van der Waals surface area contributed by atoms with Crippen LogP contribution >= 0.6 is 0 Å². The first-order chi connectivity index (χ1) is 5.22. The van der Waals surface area contributed by atoms with E-state index in [-0.39, 0.29) is 6.10 Å². The van der Waals surface area contributed by atoms with Crippen molar-refractivity contribution in [3.8, 4) is 0 Å². The second-order valence-corrected chi connectivity index (χ2v) is 2.79. The van der Waals surface area contributed by atoms with Crippen LogP contribution < -0.4 is 4.57 Å². The normalized spacial score (nSPS) is 13.4. The zero-order chi connectivity index (χ0) is 8.27. The minimum Gasteiger partial charge on any atom is -0.389 e. The van der Waals surface area contributed by atoms with Gasteiger partial charge in [0.15, 0.2) is 0 Å². The topological polar surface area (TPSA) is 29.0 Å². The molecule has 0 radical (unpaired) electrons. The van der Waals surface area contributed by atoms with Gasteiger partial charge in [-0.05, 0) is 13.8 Å². The van der Waals surface area contributed by atoms with Crippen LogP contribution in [-0.2, 0) is 13.1 Å². The van der Waals surface area contributed by atoms with Crippen molar-refractivity contribution in [3.63, 3.8) is 0 Å². The summed E-state index contributed by atoms with van der Waals surface area (Å²) in [5.41, 5.74) is 0. The van der Waals surface area contributed by atoms with E-state index in [4.69, 9.17) is 5.11 Å². The summed E-state index contributed by atoms with van der Waals surface area (Å²) in [6.45, 7) is 5.53. The Morgan fingerprint density at radius 1 is 1.64 bits per heavy atom. The highest BCUT2D eigenvalue weighted by Crippen LogP contribution is 1.84. The Morgan fingerprint density at radius 2 is 2.36 bits per heavy atom. The summed E-state index contributed by atoms with van der Waals surface area (Å²) in [4.78, 5) is 0. The van der Waals surface area contributed by atoms with E-state index in [2.05, 4.69) is 11.5 Å². The molecule has 1 atom stereocenters. The molecular formula is C8H15N2O+. The van der Waals surface area contributed by atoms with Gasteiger partial charge in [0, 0.05) is 0 Å². The minimum absolute atomic E-state index is 0.271. The van der Waals surface area contributed by atoms with Crippen LogP contribution in [0.4, 0.5) is 0 Å². The van der Waals surface area contributed by atoms with E-state index in [0.29, 0.717) is 6.54 Å². The number of hydrogen-bond acceptors (Lipinski definition) is 1. The van der Waals surface area contributed by atoms with Gasteiger partial charge in [-0.2, -0.15) is 0 Å². The van der Waals surface area contributed by atoms with E-state index in [9.17, 15) is 0 Å². The Bertz CT molecular complexity index is 218. The van der Waals surface area contributed by atoms with Gasteiger partial charge in [-0.25, -0.2) is 9.13 Å². The maximum atomic E-state index is 9.06. The molecule has 0 aliphatic carbocycles. The van der Waals surface area contributed by atoms with Gasteiger partial charge in [-0.1, -0.05) is 0 Å². The minimum atomic E-state index is -0.271. The van der Waals surface area contributed by atoms with Gasteiger partial charge in [0.25, 0.3) is 0 Å². The fraction of sp³-hybridized carbons (Fsp3) is 0.625. The summed E-state index contributed by atoms with van der Waals surface area (Å²) in [6.07, 6.45) is 5.69. The van der Waals surface area contributed by atoms with E-state index in [1.165, 1.54) is 0 Å². The van der Waals surface area contributed by atoms with E-state index >= 15 is 0 Å². The molecular weight excluding hydrogens is 140 g/mol. The number of aromatic nitrogens is 2. The number of imidazole rings is 1. The molecule has 1 N–H and O–H groups in total. The van der Waals surface area contributed by atoms with Crippen molar-refractivity contribution >= 4 is 0 Å². The van der Waals surface area contributed by atoms with Crippen LogP contribution in [0.5, 0.6) is 0 Å². The molecule has 0 aromatic carbocycles. The van der Waals surface area contributed by atoms with Gasteiger partial charge >= 0.3 is 0 Å². The van der Waals surface area contributed by atoms with Gasteiger partial charge in [-0.3, -0.25) is 0 Å². The van der Waals surface area contributed by atoms with Crippen LogP contribution in [0.25, 0.3) is 0 Å². The van der Waals surface area contributed by atoms with Crippen LogP contribution in [0.3, 0.4) is 0 Å². The molecule has 0 bridgehead atoms. The molecule has 0 aliphatic heterocycles. The Kier molecular flexibility index (Phi) is 2.65. The molecule has 1 unspecified atom stereocenters. The van der Waals surface area contributed by atoms with Crippen molar-refractivity contribution in [1.29, 1.82) is 0 Å². The maximum absolute atomic E-state index is 9.06. The van der Waals surface area contributed by atoms with E-state index in [1.54, 1.807) is 6.92 Å². The van der Waals surface area contributed by atoms with Crippen molar-refractivity contribution < 1.29 is 9.67 Å². The van der Waals surface area contributed by atoms with Crippen LogP contribution in [0, 0.1) is 0 Å². The van der Waals surface area contributed by atoms with Gasteiger partial charge in [0.1, 0.15) is 18.9 Å². The third-order valence-electron chi connectivity index (χ3n) is 1.59. The lowest BCUT2D eigenvalue weighted by Gasteiger charge is -1.97. The number of hydrogen-bond donors (Lipinski definition) is 1. The molecule has 1 heterocycles. The zero-order valence-electron chi connectivity index (χ0n) is 7.07. The number of aliphatic hydroxyl groups excluding tert-OH is 1. The second kappa shape index (κ2) is 3.53. The van der Waals surface area contributed by atoms with E-state index in [0.717, 1.165) is 6.54 Å². The predicted octanol–water partition coefficient (Wildman–Crippen LogP) is 0.176. The SMILES string of the molecule is CCn1cc[n+](CC(C)O)c1. The quantitative estimate of drug-likeness (QED) is 0.620. The van der Waals surface area contributed by atoms with Gasteiger partial charge in [-0.15, -0.1) is 0 Å². The van der Waals surface area contributed by atoms with Gasteiger partial charge in [0.2, 0.25) is 6.33 Å². The number of aliphatic hydroxyl groups is 1. The van der Waals surface area contributed by atoms with Crippen molar-refractivity contribution in [2.45, 2.75) is 33.0 Å². The molecule has 3 heteroatoms. The lowest BCUT2D eigenvalue weighted by Crippen LogP contribution is -2.36. The lowest BCUT2D eigenvalue weighted by molar-refractivity contribution is -0.702. The molecule has 0 spiro atoms. The molecule has 0 fully saturated rings. The molecule has 1 aromatic rings. The molecule has 0 aliphatic rings. The summed E-state index contributed by atoms with van der Waals surface area (Å²) in [6, 6.07) is 0. The third-order valence-corrected chi connectivity index (χ3v) is 1.59.